The van der Waals surface area contributed by atoms with Crippen molar-refractivity contribution in [1.29, 1.82) is 0 Å². The largest absolute Gasteiger partial charge is 0.323 e. The number of nitrogens with two attached hydrogens (primary N) is 1. The molecular weight excluding hydrogens is 234 g/mol. The molecule has 1 aromatic heterocycles. The number of rotatable bonds is 3. The molecule has 3 nitrogen and oxygen atoms in total. The van der Waals surface area contributed by atoms with Crippen molar-refractivity contribution in [3.05, 3.63) is 42.1 Å². The zero-order valence-corrected chi connectivity index (χ0v) is 11.6. The molecule has 0 spiro atoms. The topological polar surface area (TPSA) is 42.1 Å². The Morgan fingerprint density at radius 1 is 1.26 bits per heavy atom. The molecule has 0 amide bonds. The molecule has 0 saturated carbocycles. The van der Waals surface area contributed by atoms with Crippen LogP contribution in [0.15, 0.2) is 36.5 Å². The van der Waals surface area contributed by atoms with E-state index in [1.807, 2.05) is 12.3 Å². The van der Waals surface area contributed by atoms with Gasteiger partial charge in [-0.05, 0) is 17.5 Å². The van der Waals surface area contributed by atoms with Gasteiger partial charge in [0.15, 0.2) is 0 Å². The summed E-state index contributed by atoms with van der Waals surface area (Å²) in [6, 6.07) is 10.5. The number of likely N-dealkylation sites (tertiary alicyclic amines) is 1. The number of fused-ring (bicyclic) bond motifs is 1. The predicted octanol–water partition coefficient (Wildman–Crippen LogP) is 2.40. The highest BCUT2D eigenvalue weighted by Crippen LogP contribution is 2.28. The van der Waals surface area contributed by atoms with Crippen molar-refractivity contribution in [2.24, 2.45) is 11.7 Å². The number of benzene rings is 1. The van der Waals surface area contributed by atoms with Crippen molar-refractivity contribution in [3.8, 4) is 0 Å². The molecule has 3 rings (SSSR count). The number of pyridine rings is 1. The third-order valence-corrected chi connectivity index (χ3v) is 4.30. The van der Waals surface area contributed by atoms with Crippen molar-refractivity contribution in [1.82, 2.24) is 9.88 Å². The lowest BCUT2D eigenvalue weighted by Gasteiger charge is -2.50. The van der Waals surface area contributed by atoms with Crippen LogP contribution < -0.4 is 5.73 Å². The first kappa shape index (κ1) is 12.6. The molecule has 2 aromatic rings. The van der Waals surface area contributed by atoms with E-state index in [4.69, 9.17) is 5.73 Å². The molecule has 0 aliphatic carbocycles. The van der Waals surface area contributed by atoms with Crippen molar-refractivity contribution in [2.75, 3.05) is 13.1 Å². The SMILES string of the molecule is CC(C)C1(N)CN(Cc2cccc3cccnc23)C1. The first-order valence-electron chi connectivity index (χ1n) is 6.92. The van der Waals surface area contributed by atoms with Crippen LogP contribution >= 0.6 is 0 Å². The Bertz CT molecular complexity index is 580. The molecule has 0 unspecified atom stereocenters. The fourth-order valence-corrected chi connectivity index (χ4v) is 2.80. The number of hydrogen-bond acceptors (Lipinski definition) is 3. The quantitative estimate of drug-likeness (QED) is 0.915. The number of nitrogens with zero attached hydrogens (tertiary/aromatic N) is 2. The van der Waals surface area contributed by atoms with Gasteiger partial charge in [0.25, 0.3) is 0 Å². The van der Waals surface area contributed by atoms with Gasteiger partial charge in [-0.25, -0.2) is 0 Å². The summed E-state index contributed by atoms with van der Waals surface area (Å²) in [5.41, 5.74) is 8.75. The third kappa shape index (κ3) is 2.24. The fourth-order valence-electron chi connectivity index (χ4n) is 2.80. The van der Waals surface area contributed by atoms with E-state index >= 15 is 0 Å². The Kier molecular flexibility index (Phi) is 3.03. The minimum atomic E-state index is -0.00197. The van der Waals surface area contributed by atoms with Crippen molar-refractivity contribution in [2.45, 2.75) is 25.9 Å². The molecule has 2 N–H and O–H groups in total. The molecule has 0 atom stereocenters. The summed E-state index contributed by atoms with van der Waals surface area (Å²) >= 11 is 0. The zero-order chi connectivity index (χ0) is 13.5. The summed E-state index contributed by atoms with van der Waals surface area (Å²) in [5.74, 6) is 0.536. The Labute approximate surface area is 114 Å². The molecule has 1 fully saturated rings. The maximum atomic E-state index is 6.35. The summed E-state index contributed by atoms with van der Waals surface area (Å²) in [6.07, 6.45) is 1.86. The van der Waals surface area contributed by atoms with Gasteiger partial charge in [-0.1, -0.05) is 38.1 Å². The Balaban J connectivity index is 1.77. The minimum Gasteiger partial charge on any atom is -0.323 e. The maximum absolute atomic E-state index is 6.35. The minimum absolute atomic E-state index is 0.00197. The summed E-state index contributed by atoms with van der Waals surface area (Å²) in [4.78, 5) is 6.91. The average Bonchev–Trinajstić information content (AvgIpc) is 2.37. The Morgan fingerprint density at radius 3 is 2.74 bits per heavy atom. The monoisotopic (exact) mass is 255 g/mol. The molecule has 1 aromatic carbocycles. The van der Waals surface area contributed by atoms with Crippen molar-refractivity contribution in [3.63, 3.8) is 0 Å². The highest BCUT2D eigenvalue weighted by molar-refractivity contribution is 5.81. The molecule has 2 heterocycles. The lowest BCUT2D eigenvalue weighted by atomic mass is 9.80. The highest BCUT2D eigenvalue weighted by atomic mass is 15.2. The van der Waals surface area contributed by atoms with Gasteiger partial charge in [-0.2, -0.15) is 0 Å². The van der Waals surface area contributed by atoms with Gasteiger partial charge in [0.1, 0.15) is 0 Å². The van der Waals surface area contributed by atoms with Gasteiger partial charge in [0, 0.05) is 36.8 Å². The van der Waals surface area contributed by atoms with E-state index in [-0.39, 0.29) is 5.54 Å². The van der Waals surface area contributed by atoms with Crippen LogP contribution in [-0.4, -0.2) is 28.5 Å². The molecule has 100 valence electrons. The summed E-state index contributed by atoms with van der Waals surface area (Å²) in [7, 11) is 0. The van der Waals surface area contributed by atoms with Gasteiger partial charge in [-0.3, -0.25) is 9.88 Å². The van der Waals surface area contributed by atoms with Crippen molar-refractivity contribution < 1.29 is 0 Å². The van der Waals surface area contributed by atoms with Crippen LogP contribution in [-0.2, 0) is 6.54 Å². The molecular formula is C16H21N3. The summed E-state index contributed by atoms with van der Waals surface area (Å²) in [5, 5.41) is 1.21. The van der Waals surface area contributed by atoms with Gasteiger partial charge in [0.2, 0.25) is 0 Å². The van der Waals surface area contributed by atoms with E-state index < -0.39 is 0 Å². The normalized spacial score (nSPS) is 18.7. The zero-order valence-electron chi connectivity index (χ0n) is 11.6. The second kappa shape index (κ2) is 4.58. The Hall–Kier alpha value is -1.45. The third-order valence-electron chi connectivity index (χ3n) is 4.30. The highest BCUT2D eigenvalue weighted by Gasteiger charge is 2.41. The molecule has 3 heteroatoms. The summed E-state index contributed by atoms with van der Waals surface area (Å²) < 4.78 is 0. The lowest BCUT2D eigenvalue weighted by Crippen LogP contribution is -2.69. The van der Waals surface area contributed by atoms with Crippen LogP contribution in [0.5, 0.6) is 0 Å². The number of hydrogen-bond donors (Lipinski definition) is 1. The van der Waals surface area contributed by atoms with Crippen LogP contribution in [0.2, 0.25) is 0 Å². The first-order chi connectivity index (χ1) is 9.08. The van der Waals surface area contributed by atoms with E-state index in [0.717, 1.165) is 25.2 Å². The number of para-hydroxylation sites is 1. The fraction of sp³-hybridized carbons (Fsp3) is 0.438. The van der Waals surface area contributed by atoms with Crippen LogP contribution in [0.1, 0.15) is 19.4 Å². The van der Waals surface area contributed by atoms with Gasteiger partial charge in [-0.15, -0.1) is 0 Å². The van der Waals surface area contributed by atoms with Crippen LogP contribution in [0.3, 0.4) is 0 Å². The number of aromatic nitrogens is 1. The lowest BCUT2D eigenvalue weighted by molar-refractivity contribution is 0.0316. The van der Waals surface area contributed by atoms with Gasteiger partial charge < -0.3 is 5.73 Å². The van der Waals surface area contributed by atoms with Gasteiger partial charge >= 0.3 is 0 Å². The van der Waals surface area contributed by atoms with E-state index in [1.165, 1.54) is 10.9 Å². The molecule has 1 aliphatic heterocycles. The predicted molar refractivity (Wildman–Crippen MR) is 78.8 cm³/mol. The smallest absolute Gasteiger partial charge is 0.0746 e. The van der Waals surface area contributed by atoms with E-state index in [1.54, 1.807) is 0 Å². The van der Waals surface area contributed by atoms with Crippen LogP contribution in [0.4, 0.5) is 0 Å². The molecule has 1 saturated heterocycles. The first-order valence-corrected chi connectivity index (χ1v) is 6.92. The molecule has 0 radical (unpaired) electrons. The summed E-state index contributed by atoms with van der Waals surface area (Å²) in [6.45, 7) is 7.31. The van der Waals surface area contributed by atoms with Crippen molar-refractivity contribution >= 4 is 10.9 Å². The van der Waals surface area contributed by atoms with E-state index in [0.29, 0.717) is 5.92 Å². The van der Waals surface area contributed by atoms with Crippen LogP contribution in [0, 0.1) is 5.92 Å². The van der Waals surface area contributed by atoms with E-state index in [9.17, 15) is 0 Å². The standard InChI is InChI=1S/C16H21N3/c1-12(2)16(17)10-19(11-16)9-14-6-3-5-13-7-4-8-18-15(13)14/h3-8,12H,9-11,17H2,1-2H3. The second-order valence-corrected chi connectivity index (χ2v) is 6.03. The second-order valence-electron chi connectivity index (χ2n) is 6.03. The van der Waals surface area contributed by atoms with Crippen LogP contribution in [0.25, 0.3) is 10.9 Å². The molecule has 19 heavy (non-hydrogen) atoms. The molecule has 1 aliphatic rings. The average molecular weight is 255 g/mol. The maximum Gasteiger partial charge on any atom is 0.0746 e. The Morgan fingerprint density at radius 2 is 2.00 bits per heavy atom. The van der Waals surface area contributed by atoms with E-state index in [2.05, 4.69) is 48.0 Å². The molecule has 0 bridgehead atoms. The van der Waals surface area contributed by atoms with Gasteiger partial charge in [0.05, 0.1) is 5.52 Å².